The predicted molar refractivity (Wildman–Crippen MR) is 137 cm³/mol. The summed E-state index contributed by atoms with van der Waals surface area (Å²) in [5.41, 5.74) is 0. The van der Waals surface area contributed by atoms with E-state index < -0.39 is 0 Å². The van der Waals surface area contributed by atoms with Crippen molar-refractivity contribution in [2.24, 2.45) is 0 Å². The van der Waals surface area contributed by atoms with Gasteiger partial charge in [0.15, 0.2) is 0 Å². The first kappa shape index (κ1) is 23.3. The minimum Gasteiger partial charge on any atom is -0.372 e. The Labute approximate surface area is 204 Å². The summed E-state index contributed by atoms with van der Waals surface area (Å²) in [6, 6.07) is 5.05. The zero-order valence-corrected chi connectivity index (χ0v) is 21.5. The zero-order valence-electron chi connectivity index (χ0n) is 21.5. The van der Waals surface area contributed by atoms with Crippen molar-refractivity contribution < 1.29 is 4.74 Å². The Balaban J connectivity index is 1.15. The molecular weight excluding hydrogens is 404 g/mol. The van der Waals surface area contributed by atoms with E-state index in [4.69, 9.17) is 4.74 Å². The van der Waals surface area contributed by atoms with Crippen LogP contribution in [0.5, 0.6) is 0 Å². The largest absolute Gasteiger partial charge is 0.372 e. The summed E-state index contributed by atoms with van der Waals surface area (Å²) < 4.78 is 6.78. The minimum absolute atomic E-state index is 0.553. The Bertz CT molecular complexity index is 564. The number of rotatable bonds is 4. The second-order valence-corrected chi connectivity index (χ2v) is 12.9. The molecule has 5 saturated carbocycles. The minimum atomic E-state index is 0.553. The van der Waals surface area contributed by atoms with Crippen molar-refractivity contribution in [1.29, 1.82) is 0 Å². The van der Waals surface area contributed by atoms with E-state index in [0.29, 0.717) is 12.2 Å². The van der Waals surface area contributed by atoms with Crippen LogP contribution in [0.1, 0.15) is 141 Å². The van der Waals surface area contributed by atoms with Crippen molar-refractivity contribution in [3.8, 4) is 0 Å². The van der Waals surface area contributed by atoms with Crippen LogP contribution in [-0.4, -0.2) is 58.3 Å². The highest BCUT2D eigenvalue weighted by Crippen LogP contribution is 2.44. The van der Waals surface area contributed by atoms with E-state index in [1.165, 1.54) is 141 Å². The third-order valence-corrected chi connectivity index (χ3v) is 11.0. The van der Waals surface area contributed by atoms with Gasteiger partial charge in [0.05, 0.1) is 12.2 Å². The van der Waals surface area contributed by atoms with Crippen LogP contribution in [-0.2, 0) is 4.74 Å². The molecular formula is C30H52N2O. The molecule has 0 N–H and O–H groups in total. The first-order chi connectivity index (χ1) is 16.4. The van der Waals surface area contributed by atoms with Gasteiger partial charge in [0.2, 0.25) is 0 Å². The zero-order chi connectivity index (χ0) is 22.0. The van der Waals surface area contributed by atoms with Gasteiger partial charge < -0.3 is 4.74 Å². The molecule has 5 aliphatic carbocycles. The third-order valence-electron chi connectivity index (χ3n) is 11.0. The van der Waals surface area contributed by atoms with Crippen LogP contribution in [0.25, 0.3) is 0 Å². The first-order valence-electron chi connectivity index (χ1n) is 15.6. The van der Waals surface area contributed by atoms with Gasteiger partial charge in [-0.3, -0.25) is 9.80 Å². The van der Waals surface area contributed by atoms with Crippen molar-refractivity contribution in [1.82, 2.24) is 9.80 Å². The predicted octanol–water partition coefficient (Wildman–Crippen LogP) is 7.22. The van der Waals surface area contributed by atoms with Crippen molar-refractivity contribution in [2.45, 2.75) is 190 Å². The fourth-order valence-electron chi connectivity index (χ4n) is 9.47. The summed E-state index contributed by atoms with van der Waals surface area (Å²) >= 11 is 0. The number of morpholine rings is 1. The molecule has 188 valence electrons. The maximum atomic E-state index is 6.78. The molecule has 3 nitrogen and oxygen atoms in total. The second kappa shape index (κ2) is 10.9. The SMILES string of the molecule is C1CCC(N(C2CCCCC2)C2CCC(N3C4CCCCC4OC4CCCCC43)CC2)CC1. The maximum Gasteiger partial charge on any atom is 0.0735 e. The smallest absolute Gasteiger partial charge is 0.0735 e. The fraction of sp³-hybridized carbons (Fsp3) is 1.00. The van der Waals surface area contributed by atoms with Gasteiger partial charge in [-0.05, 0) is 77.0 Å². The van der Waals surface area contributed by atoms with Crippen LogP contribution in [0.4, 0.5) is 0 Å². The number of hydrogen-bond donors (Lipinski definition) is 0. The van der Waals surface area contributed by atoms with Gasteiger partial charge >= 0.3 is 0 Å². The third kappa shape index (κ3) is 4.94. The van der Waals surface area contributed by atoms with Crippen LogP contribution >= 0.6 is 0 Å². The van der Waals surface area contributed by atoms with Gasteiger partial charge in [-0.15, -0.1) is 0 Å². The first-order valence-corrected chi connectivity index (χ1v) is 15.6. The molecule has 6 rings (SSSR count). The molecule has 0 radical (unpaired) electrons. The van der Waals surface area contributed by atoms with Gasteiger partial charge in [-0.1, -0.05) is 64.2 Å². The van der Waals surface area contributed by atoms with Crippen LogP contribution in [0.15, 0.2) is 0 Å². The molecule has 3 heteroatoms. The normalized spacial score (nSPS) is 42.1. The van der Waals surface area contributed by atoms with Crippen molar-refractivity contribution in [3.05, 3.63) is 0 Å². The standard InChI is InChI=1S/C30H52N2O/c1-3-11-23(12-4-1)31(24-13-5-2-6-14-24)25-19-21-26(22-20-25)32-27-15-7-9-17-29(27)33-30-18-10-8-16-28(30)32/h23-30H,1-22H2. The Morgan fingerprint density at radius 1 is 0.424 bits per heavy atom. The Morgan fingerprint density at radius 2 is 0.848 bits per heavy atom. The highest BCUT2D eigenvalue weighted by Gasteiger charge is 2.48. The summed E-state index contributed by atoms with van der Waals surface area (Å²) in [6.07, 6.45) is 33.0. The van der Waals surface area contributed by atoms with E-state index in [1.807, 2.05) is 0 Å². The number of fused-ring (bicyclic) bond motifs is 2. The van der Waals surface area contributed by atoms with E-state index in [-0.39, 0.29) is 0 Å². The van der Waals surface area contributed by atoms with E-state index in [9.17, 15) is 0 Å². The lowest BCUT2D eigenvalue weighted by molar-refractivity contribution is -0.190. The van der Waals surface area contributed by atoms with Crippen LogP contribution in [0.2, 0.25) is 0 Å². The molecule has 0 aromatic carbocycles. The van der Waals surface area contributed by atoms with Crippen molar-refractivity contribution in [3.63, 3.8) is 0 Å². The van der Waals surface area contributed by atoms with E-state index in [1.54, 1.807) is 0 Å². The average Bonchev–Trinajstić information content (AvgIpc) is 2.89. The average molecular weight is 457 g/mol. The van der Waals surface area contributed by atoms with Gasteiger partial charge in [0.25, 0.3) is 0 Å². The maximum absolute atomic E-state index is 6.78. The van der Waals surface area contributed by atoms with Gasteiger partial charge in [-0.25, -0.2) is 0 Å². The summed E-state index contributed by atoms with van der Waals surface area (Å²) in [5, 5.41) is 0. The summed E-state index contributed by atoms with van der Waals surface area (Å²) in [4.78, 5) is 6.29. The van der Waals surface area contributed by atoms with Gasteiger partial charge in [0.1, 0.15) is 0 Å². The molecule has 4 atom stereocenters. The van der Waals surface area contributed by atoms with E-state index in [2.05, 4.69) is 9.80 Å². The quantitative estimate of drug-likeness (QED) is 0.444. The molecule has 6 aliphatic rings. The number of nitrogens with zero attached hydrogens (tertiary/aromatic N) is 2. The molecule has 6 fully saturated rings. The van der Waals surface area contributed by atoms with Crippen molar-refractivity contribution in [2.75, 3.05) is 0 Å². The summed E-state index contributed by atoms with van der Waals surface area (Å²) in [6.45, 7) is 0. The topological polar surface area (TPSA) is 15.7 Å². The Kier molecular flexibility index (Phi) is 7.67. The molecule has 0 bridgehead atoms. The molecule has 0 amide bonds. The molecule has 1 aliphatic heterocycles. The Hall–Kier alpha value is -0.120. The fourth-order valence-corrected chi connectivity index (χ4v) is 9.47. The number of ether oxygens (including phenoxy) is 1. The molecule has 33 heavy (non-hydrogen) atoms. The van der Waals surface area contributed by atoms with Crippen LogP contribution in [0.3, 0.4) is 0 Å². The molecule has 0 aromatic rings. The molecule has 0 aromatic heterocycles. The molecule has 1 saturated heterocycles. The lowest BCUT2D eigenvalue weighted by Crippen LogP contribution is -2.65. The number of hydrogen-bond acceptors (Lipinski definition) is 3. The summed E-state index contributed by atoms with van der Waals surface area (Å²) in [7, 11) is 0. The van der Waals surface area contributed by atoms with E-state index in [0.717, 1.165) is 36.3 Å². The molecule has 4 unspecified atom stereocenters. The van der Waals surface area contributed by atoms with E-state index >= 15 is 0 Å². The van der Waals surface area contributed by atoms with Crippen LogP contribution < -0.4 is 0 Å². The molecule has 1 heterocycles. The molecule has 0 spiro atoms. The summed E-state index contributed by atoms with van der Waals surface area (Å²) in [5.74, 6) is 0. The second-order valence-electron chi connectivity index (χ2n) is 12.9. The lowest BCUT2D eigenvalue weighted by atomic mass is 9.78. The van der Waals surface area contributed by atoms with Gasteiger partial charge in [0, 0.05) is 36.3 Å². The van der Waals surface area contributed by atoms with Gasteiger partial charge in [-0.2, -0.15) is 0 Å². The monoisotopic (exact) mass is 456 g/mol. The highest BCUT2D eigenvalue weighted by atomic mass is 16.5. The lowest BCUT2D eigenvalue weighted by Gasteiger charge is -2.57. The Morgan fingerprint density at radius 3 is 1.36 bits per heavy atom. The van der Waals surface area contributed by atoms with Crippen LogP contribution in [0, 0.1) is 0 Å². The highest BCUT2D eigenvalue weighted by molar-refractivity contribution is 5.02. The van der Waals surface area contributed by atoms with Crippen molar-refractivity contribution >= 4 is 0 Å².